The van der Waals surface area contributed by atoms with Gasteiger partial charge in [-0.1, -0.05) is 12.1 Å². The van der Waals surface area contributed by atoms with Gasteiger partial charge in [-0.15, -0.1) is 6.58 Å². The summed E-state index contributed by atoms with van der Waals surface area (Å²) in [5.41, 5.74) is 1.01. The molecule has 3 rings (SSSR count). The average molecular weight is 287 g/mol. The molecule has 2 heterocycles. The number of likely N-dealkylation sites (tertiary alicyclic amines) is 1. The maximum absolute atomic E-state index is 12.3. The lowest BCUT2D eigenvalue weighted by Crippen LogP contribution is -2.45. The SMILES string of the molecule is C=CCOC1C2CCC1N(C(=O)NCc1cccnc1)C2. The van der Waals surface area contributed by atoms with Crippen molar-refractivity contribution in [1.82, 2.24) is 15.2 Å². The first-order valence-corrected chi connectivity index (χ1v) is 7.45. The lowest BCUT2D eigenvalue weighted by molar-refractivity contribution is 0.0493. The summed E-state index contributed by atoms with van der Waals surface area (Å²) in [6.45, 7) is 5.55. The summed E-state index contributed by atoms with van der Waals surface area (Å²) in [7, 11) is 0. The standard InChI is InChI=1S/C16H21N3O2/c1-2-8-21-15-13-5-6-14(15)19(11-13)16(20)18-10-12-4-3-7-17-9-12/h2-4,7,9,13-15H,1,5-6,8,10-11H2,(H,18,20). The highest BCUT2D eigenvalue weighted by atomic mass is 16.5. The van der Waals surface area contributed by atoms with Crippen molar-refractivity contribution in [2.45, 2.75) is 31.5 Å². The molecule has 2 fully saturated rings. The van der Waals surface area contributed by atoms with Crippen LogP contribution in [0.2, 0.25) is 0 Å². The molecule has 5 heteroatoms. The van der Waals surface area contributed by atoms with E-state index in [1.165, 1.54) is 0 Å². The van der Waals surface area contributed by atoms with Crippen molar-refractivity contribution in [1.29, 1.82) is 0 Å². The van der Waals surface area contributed by atoms with Crippen molar-refractivity contribution in [2.75, 3.05) is 13.2 Å². The summed E-state index contributed by atoms with van der Waals surface area (Å²) in [6, 6.07) is 4.04. The fourth-order valence-electron chi connectivity index (χ4n) is 3.39. The van der Waals surface area contributed by atoms with Gasteiger partial charge in [-0.3, -0.25) is 4.98 Å². The predicted molar refractivity (Wildman–Crippen MR) is 79.6 cm³/mol. The van der Waals surface area contributed by atoms with Gasteiger partial charge in [0.05, 0.1) is 18.8 Å². The summed E-state index contributed by atoms with van der Waals surface area (Å²) in [5.74, 6) is 0.471. The van der Waals surface area contributed by atoms with Crippen molar-refractivity contribution >= 4 is 6.03 Å². The van der Waals surface area contributed by atoms with Gasteiger partial charge in [0.25, 0.3) is 0 Å². The van der Waals surface area contributed by atoms with Crippen LogP contribution in [-0.2, 0) is 11.3 Å². The van der Waals surface area contributed by atoms with Gasteiger partial charge < -0.3 is 15.0 Å². The molecule has 1 aromatic heterocycles. The summed E-state index contributed by atoms with van der Waals surface area (Å²) < 4.78 is 5.83. The lowest BCUT2D eigenvalue weighted by atomic mass is 10.1. The molecule has 0 spiro atoms. The van der Waals surface area contributed by atoms with Gasteiger partial charge in [-0.05, 0) is 24.5 Å². The molecule has 1 N–H and O–H groups in total. The van der Waals surface area contributed by atoms with Crippen LogP contribution >= 0.6 is 0 Å². The first-order valence-electron chi connectivity index (χ1n) is 7.45. The van der Waals surface area contributed by atoms with E-state index in [1.54, 1.807) is 18.5 Å². The first-order chi connectivity index (χ1) is 10.3. The second-order valence-electron chi connectivity index (χ2n) is 5.66. The van der Waals surface area contributed by atoms with Crippen LogP contribution in [0.1, 0.15) is 18.4 Å². The number of fused-ring (bicyclic) bond motifs is 2. The van der Waals surface area contributed by atoms with Crippen molar-refractivity contribution in [3.05, 3.63) is 42.7 Å². The molecule has 0 radical (unpaired) electrons. The molecular weight excluding hydrogens is 266 g/mol. The van der Waals surface area contributed by atoms with Crippen molar-refractivity contribution in [3.8, 4) is 0 Å². The Bertz CT molecular complexity index is 506. The summed E-state index contributed by atoms with van der Waals surface area (Å²) in [5, 5.41) is 2.97. The second-order valence-corrected chi connectivity index (χ2v) is 5.66. The molecule has 112 valence electrons. The Morgan fingerprint density at radius 3 is 3.24 bits per heavy atom. The molecule has 1 saturated carbocycles. The van der Waals surface area contributed by atoms with Gasteiger partial charge >= 0.3 is 6.03 Å². The number of carbonyl (C=O) groups is 1. The Morgan fingerprint density at radius 2 is 2.48 bits per heavy atom. The number of hydrogen-bond acceptors (Lipinski definition) is 3. The molecule has 3 atom stereocenters. The van der Waals surface area contributed by atoms with E-state index in [-0.39, 0.29) is 18.2 Å². The predicted octanol–water partition coefficient (Wildman–Crippen LogP) is 1.96. The van der Waals surface area contributed by atoms with E-state index >= 15 is 0 Å². The molecule has 1 aliphatic carbocycles. The number of urea groups is 1. The normalized spacial score (nSPS) is 26.9. The minimum atomic E-state index is -0.00161. The number of ether oxygens (including phenoxy) is 1. The van der Waals surface area contributed by atoms with Crippen LogP contribution in [0.3, 0.4) is 0 Å². The second kappa shape index (κ2) is 6.26. The van der Waals surface area contributed by atoms with Gasteiger partial charge in [0.15, 0.2) is 0 Å². The number of piperidine rings is 1. The van der Waals surface area contributed by atoms with Crippen molar-refractivity contribution in [3.63, 3.8) is 0 Å². The molecule has 1 aromatic rings. The molecule has 21 heavy (non-hydrogen) atoms. The van der Waals surface area contributed by atoms with E-state index in [2.05, 4.69) is 16.9 Å². The maximum atomic E-state index is 12.3. The Hall–Kier alpha value is -1.88. The third kappa shape index (κ3) is 2.93. The zero-order chi connectivity index (χ0) is 14.7. The van der Waals surface area contributed by atoms with Crippen LogP contribution in [0.15, 0.2) is 37.2 Å². The molecule has 3 unspecified atom stereocenters. The summed E-state index contributed by atoms with van der Waals surface area (Å²) in [4.78, 5) is 18.3. The Kier molecular flexibility index (Phi) is 4.20. The summed E-state index contributed by atoms with van der Waals surface area (Å²) in [6.07, 6.45) is 7.63. The number of hydrogen-bond donors (Lipinski definition) is 1. The Labute approximate surface area is 125 Å². The van der Waals surface area contributed by atoms with Crippen LogP contribution < -0.4 is 5.32 Å². The number of carbonyl (C=O) groups excluding carboxylic acids is 1. The van der Waals surface area contributed by atoms with Crippen LogP contribution in [0, 0.1) is 5.92 Å². The highest BCUT2D eigenvalue weighted by Crippen LogP contribution is 2.39. The number of rotatable bonds is 5. The minimum Gasteiger partial charge on any atom is -0.372 e. The van der Waals surface area contributed by atoms with E-state index in [9.17, 15) is 4.79 Å². The molecule has 2 aliphatic rings. The largest absolute Gasteiger partial charge is 0.372 e. The van der Waals surface area contributed by atoms with E-state index in [0.717, 1.165) is 24.9 Å². The fourth-order valence-corrected chi connectivity index (χ4v) is 3.39. The van der Waals surface area contributed by atoms with Gasteiger partial charge in [-0.25, -0.2) is 4.79 Å². The smallest absolute Gasteiger partial charge is 0.318 e. The monoisotopic (exact) mass is 287 g/mol. The zero-order valence-corrected chi connectivity index (χ0v) is 12.1. The highest BCUT2D eigenvalue weighted by Gasteiger charge is 2.49. The molecular formula is C16H21N3O2. The zero-order valence-electron chi connectivity index (χ0n) is 12.1. The minimum absolute atomic E-state index is 0.00161. The summed E-state index contributed by atoms with van der Waals surface area (Å²) >= 11 is 0. The quantitative estimate of drug-likeness (QED) is 0.842. The average Bonchev–Trinajstić information content (AvgIpc) is 3.08. The Balaban J connectivity index is 1.55. The van der Waals surface area contributed by atoms with E-state index in [1.807, 2.05) is 17.0 Å². The number of pyridine rings is 1. The highest BCUT2D eigenvalue weighted by molar-refractivity contribution is 5.75. The number of nitrogens with one attached hydrogen (secondary N) is 1. The van der Waals surface area contributed by atoms with Crippen molar-refractivity contribution in [2.24, 2.45) is 5.92 Å². The topological polar surface area (TPSA) is 54.5 Å². The van der Waals surface area contributed by atoms with Gasteiger partial charge in [0, 0.05) is 31.4 Å². The molecule has 2 bridgehead atoms. The fraction of sp³-hybridized carbons (Fsp3) is 0.500. The van der Waals surface area contributed by atoms with Gasteiger partial charge in [0.1, 0.15) is 0 Å². The van der Waals surface area contributed by atoms with Gasteiger partial charge in [-0.2, -0.15) is 0 Å². The molecule has 1 saturated heterocycles. The Morgan fingerprint density at radius 1 is 1.57 bits per heavy atom. The van der Waals surface area contributed by atoms with Crippen molar-refractivity contribution < 1.29 is 9.53 Å². The van der Waals surface area contributed by atoms with E-state index in [4.69, 9.17) is 4.74 Å². The lowest BCUT2D eigenvalue weighted by Gasteiger charge is -2.27. The third-order valence-corrected chi connectivity index (χ3v) is 4.34. The van der Waals surface area contributed by atoms with Crippen LogP contribution in [0.5, 0.6) is 0 Å². The van der Waals surface area contributed by atoms with Crippen LogP contribution in [0.4, 0.5) is 4.79 Å². The van der Waals surface area contributed by atoms with Gasteiger partial charge in [0.2, 0.25) is 0 Å². The molecule has 2 amide bonds. The molecule has 0 aromatic carbocycles. The third-order valence-electron chi connectivity index (χ3n) is 4.34. The molecule has 1 aliphatic heterocycles. The first kappa shape index (κ1) is 14.1. The van der Waals surface area contributed by atoms with E-state index < -0.39 is 0 Å². The van der Waals surface area contributed by atoms with E-state index in [0.29, 0.717) is 19.1 Å². The maximum Gasteiger partial charge on any atom is 0.318 e. The van der Waals surface area contributed by atoms with Crippen LogP contribution in [0.25, 0.3) is 0 Å². The van der Waals surface area contributed by atoms with Crippen LogP contribution in [-0.4, -0.2) is 41.2 Å². The number of nitrogens with zero attached hydrogens (tertiary/aromatic N) is 2. The number of amides is 2. The molecule has 5 nitrogen and oxygen atoms in total. The number of aromatic nitrogens is 1.